The van der Waals surface area contributed by atoms with E-state index in [1.165, 1.54) is 12.1 Å². The van der Waals surface area contributed by atoms with E-state index in [0.29, 0.717) is 5.56 Å². The molecule has 1 aliphatic rings. The second-order valence-electron chi connectivity index (χ2n) is 4.72. The Labute approximate surface area is 112 Å². The van der Waals surface area contributed by atoms with E-state index in [-0.39, 0.29) is 5.56 Å². The van der Waals surface area contributed by atoms with Crippen molar-refractivity contribution in [2.24, 2.45) is 0 Å². The van der Waals surface area contributed by atoms with E-state index in [2.05, 4.69) is 15.9 Å². The standard InChI is InChI=1S/C14H15FN4/c1-18-4-6-19(7-5-18)14(10-17)11-2-3-13(15)12(8-11)9-16/h2-3,8,14H,4-7H2,1H3. The molecule has 2 rings (SSSR count). The maximum absolute atomic E-state index is 13.3. The van der Waals surface area contributed by atoms with Crippen LogP contribution in [0.4, 0.5) is 4.39 Å². The summed E-state index contributed by atoms with van der Waals surface area (Å²) in [6.45, 7) is 3.41. The normalized spacial score (nSPS) is 18.5. The van der Waals surface area contributed by atoms with E-state index in [9.17, 15) is 9.65 Å². The molecule has 0 saturated carbocycles. The molecule has 1 heterocycles. The van der Waals surface area contributed by atoms with Gasteiger partial charge in [0.05, 0.1) is 11.6 Å². The molecular formula is C14H15FN4. The predicted octanol–water partition coefficient (Wildman–Crippen LogP) is 1.51. The molecule has 1 atom stereocenters. The lowest BCUT2D eigenvalue weighted by molar-refractivity contribution is 0.133. The Hall–Kier alpha value is -1.95. The van der Waals surface area contributed by atoms with E-state index in [4.69, 9.17) is 5.26 Å². The topological polar surface area (TPSA) is 54.1 Å². The van der Waals surface area contributed by atoms with Gasteiger partial charge in [0.2, 0.25) is 0 Å². The zero-order valence-electron chi connectivity index (χ0n) is 10.8. The molecule has 1 aromatic rings. The smallest absolute Gasteiger partial charge is 0.140 e. The summed E-state index contributed by atoms with van der Waals surface area (Å²) in [5, 5.41) is 18.2. The van der Waals surface area contributed by atoms with E-state index in [1.54, 1.807) is 6.07 Å². The van der Waals surface area contributed by atoms with Crippen molar-refractivity contribution in [3.05, 3.63) is 35.1 Å². The second kappa shape index (κ2) is 5.79. The van der Waals surface area contributed by atoms with Crippen LogP contribution in [0.5, 0.6) is 0 Å². The van der Waals surface area contributed by atoms with Crippen LogP contribution in [0.25, 0.3) is 0 Å². The Morgan fingerprint density at radius 1 is 1.21 bits per heavy atom. The van der Waals surface area contributed by atoms with Crippen molar-refractivity contribution < 1.29 is 4.39 Å². The van der Waals surface area contributed by atoms with Crippen LogP contribution in [0.3, 0.4) is 0 Å². The van der Waals surface area contributed by atoms with E-state index >= 15 is 0 Å². The zero-order chi connectivity index (χ0) is 13.8. The van der Waals surface area contributed by atoms with Crippen LogP contribution < -0.4 is 0 Å². The fourth-order valence-electron chi connectivity index (χ4n) is 2.25. The summed E-state index contributed by atoms with van der Waals surface area (Å²) in [7, 11) is 2.05. The van der Waals surface area contributed by atoms with Crippen molar-refractivity contribution in [3.63, 3.8) is 0 Å². The summed E-state index contributed by atoms with van der Waals surface area (Å²) in [5.41, 5.74) is 0.678. The third-order valence-corrected chi connectivity index (χ3v) is 3.45. The van der Waals surface area contributed by atoms with Gasteiger partial charge in [-0.25, -0.2) is 4.39 Å². The lowest BCUT2D eigenvalue weighted by atomic mass is 10.0. The summed E-state index contributed by atoms with van der Waals surface area (Å²) in [6, 6.07) is 7.96. The third-order valence-electron chi connectivity index (χ3n) is 3.45. The first-order valence-electron chi connectivity index (χ1n) is 6.17. The highest BCUT2D eigenvalue weighted by molar-refractivity contribution is 5.37. The molecule has 0 N–H and O–H groups in total. The summed E-state index contributed by atoms with van der Waals surface area (Å²) < 4.78 is 13.3. The number of rotatable bonds is 2. The van der Waals surface area contributed by atoms with E-state index in [1.807, 2.05) is 13.1 Å². The highest BCUT2D eigenvalue weighted by Gasteiger charge is 2.24. The van der Waals surface area contributed by atoms with Gasteiger partial charge in [-0.2, -0.15) is 10.5 Å². The average Bonchev–Trinajstić information content (AvgIpc) is 2.43. The van der Waals surface area contributed by atoms with Crippen LogP contribution in [-0.4, -0.2) is 43.0 Å². The third kappa shape index (κ3) is 2.90. The van der Waals surface area contributed by atoms with Gasteiger partial charge in [-0.1, -0.05) is 6.07 Å². The monoisotopic (exact) mass is 258 g/mol. The van der Waals surface area contributed by atoms with Crippen molar-refractivity contribution >= 4 is 0 Å². The summed E-state index contributed by atoms with van der Waals surface area (Å²) in [5.74, 6) is -0.540. The van der Waals surface area contributed by atoms with Crippen LogP contribution >= 0.6 is 0 Å². The predicted molar refractivity (Wildman–Crippen MR) is 68.5 cm³/mol. The molecule has 0 spiro atoms. The van der Waals surface area contributed by atoms with Gasteiger partial charge in [-0.3, -0.25) is 4.90 Å². The molecule has 98 valence electrons. The number of benzene rings is 1. The number of halogens is 1. The van der Waals surface area contributed by atoms with Gasteiger partial charge in [-0.05, 0) is 24.7 Å². The molecule has 1 aromatic carbocycles. The van der Waals surface area contributed by atoms with Crippen molar-refractivity contribution in [3.8, 4) is 12.1 Å². The fourth-order valence-corrected chi connectivity index (χ4v) is 2.25. The van der Waals surface area contributed by atoms with Gasteiger partial charge < -0.3 is 4.90 Å². The molecule has 5 heteroatoms. The maximum atomic E-state index is 13.3. The van der Waals surface area contributed by atoms with Gasteiger partial charge in [0, 0.05) is 26.2 Å². The van der Waals surface area contributed by atoms with Gasteiger partial charge in [0.1, 0.15) is 17.9 Å². The van der Waals surface area contributed by atoms with Crippen LogP contribution in [-0.2, 0) is 0 Å². The summed E-state index contributed by atoms with van der Waals surface area (Å²) >= 11 is 0. The Bertz CT molecular complexity index is 535. The van der Waals surface area contributed by atoms with E-state index in [0.717, 1.165) is 26.2 Å². The van der Waals surface area contributed by atoms with E-state index < -0.39 is 11.9 Å². The van der Waals surface area contributed by atoms with Crippen LogP contribution in [0.2, 0.25) is 0 Å². The lowest BCUT2D eigenvalue weighted by Crippen LogP contribution is -2.45. The summed E-state index contributed by atoms with van der Waals surface area (Å²) in [4.78, 5) is 4.27. The van der Waals surface area contributed by atoms with Crippen molar-refractivity contribution in [1.29, 1.82) is 10.5 Å². The number of nitriles is 2. The minimum absolute atomic E-state index is 0.00752. The van der Waals surface area contributed by atoms with Crippen molar-refractivity contribution in [2.45, 2.75) is 6.04 Å². The molecule has 0 amide bonds. The second-order valence-corrected chi connectivity index (χ2v) is 4.72. The molecule has 1 saturated heterocycles. The minimum atomic E-state index is -0.540. The van der Waals surface area contributed by atoms with Gasteiger partial charge >= 0.3 is 0 Å². The average molecular weight is 258 g/mol. The van der Waals surface area contributed by atoms with Crippen LogP contribution in [0, 0.1) is 28.5 Å². The number of likely N-dealkylation sites (N-methyl/N-ethyl adjacent to an activating group) is 1. The first kappa shape index (κ1) is 13.5. The molecule has 4 nitrogen and oxygen atoms in total. The molecule has 0 radical (unpaired) electrons. The largest absolute Gasteiger partial charge is 0.304 e. The molecule has 0 aromatic heterocycles. The first-order valence-corrected chi connectivity index (χ1v) is 6.17. The number of hydrogen-bond donors (Lipinski definition) is 0. The van der Waals surface area contributed by atoms with Gasteiger partial charge in [0.25, 0.3) is 0 Å². The van der Waals surface area contributed by atoms with Crippen LogP contribution in [0.15, 0.2) is 18.2 Å². The van der Waals surface area contributed by atoms with Gasteiger partial charge in [-0.15, -0.1) is 0 Å². The highest BCUT2D eigenvalue weighted by Crippen LogP contribution is 2.23. The molecule has 1 unspecified atom stereocenters. The molecular weight excluding hydrogens is 243 g/mol. The molecule has 19 heavy (non-hydrogen) atoms. The maximum Gasteiger partial charge on any atom is 0.140 e. The minimum Gasteiger partial charge on any atom is -0.304 e. The summed E-state index contributed by atoms with van der Waals surface area (Å²) in [6.07, 6.45) is 0. The van der Waals surface area contributed by atoms with Crippen molar-refractivity contribution in [1.82, 2.24) is 9.80 Å². The number of nitrogens with zero attached hydrogens (tertiary/aromatic N) is 4. The Kier molecular flexibility index (Phi) is 4.11. The molecule has 0 bridgehead atoms. The Morgan fingerprint density at radius 2 is 1.89 bits per heavy atom. The fraction of sp³-hybridized carbons (Fsp3) is 0.429. The molecule has 1 aliphatic heterocycles. The highest BCUT2D eigenvalue weighted by atomic mass is 19.1. The van der Waals surface area contributed by atoms with Crippen molar-refractivity contribution in [2.75, 3.05) is 33.2 Å². The quantitative estimate of drug-likeness (QED) is 0.807. The molecule has 1 fully saturated rings. The van der Waals surface area contributed by atoms with Gasteiger partial charge in [0.15, 0.2) is 0 Å². The Balaban J connectivity index is 2.23. The molecule has 0 aliphatic carbocycles. The van der Waals surface area contributed by atoms with Crippen LogP contribution in [0.1, 0.15) is 17.2 Å². The number of hydrogen-bond acceptors (Lipinski definition) is 4. The first-order chi connectivity index (χ1) is 9.15. The SMILES string of the molecule is CN1CCN(C(C#N)c2ccc(F)c(C#N)c2)CC1. The zero-order valence-corrected chi connectivity index (χ0v) is 10.8. The lowest BCUT2D eigenvalue weighted by Gasteiger charge is -2.35. The number of piperazine rings is 1. The Morgan fingerprint density at radius 3 is 2.47 bits per heavy atom.